The standard InChI is InChI=1S/C18H17F3N2O4/c1-26-14-7-6-12(10-15(14)27-2)17(25)23-22-16(24)9-11-4-3-5-13(8-11)18(19,20)21/h3-8,10H,9H2,1-2H3,(H,22,24)(H,23,25). The van der Waals surface area contributed by atoms with Gasteiger partial charge < -0.3 is 9.47 Å². The third-order valence-electron chi connectivity index (χ3n) is 3.58. The lowest BCUT2D eigenvalue weighted by Gasteiger charge is -2.11. The first-order chi connectivity index (χ1) is 12.7. The molecule has 0 aliphatic rings. The van der Waals surface area contributed by atoms with Gasteiger partial charge in [0.1, 0.15) is 0 Å². The number of carbonyl (C=O) groups excluding carboxylic acids is 2. The number of hydrogen-bond acceptors (Lipinski definition) is 4. The van der Waals surface area contributed by atoms with E-state index in [2.05, 4.69) is 10.9 Å². The van der Waals surface area contributed by atoms with Crippen LogP contribution in [0.2, 0.25) is 0 Å². The molecule has 2 rings (SSSR count). The van der Waals surface area contributed by atoms with Crippen LogP contribution in [0.15, 0.2) is 42.5 Å². The van der Waals surface area contributed by atoms with Crippen molar-refractivity contribution in [2.45, 2.75) is 12.6 Å². The summed E-state index contributed by atoms with van der Waals surface area (Å²) in [6.07, 6.45) is -4.82. The number of alkyl halides is 3. The first-order valence-corrected chi connectivity index (χ1v) is 7.72. The molecule has 0 bridgehead atoms. The first kappa shape index (κ1) is 20.1. The smallest absolute Gasteiger partial charge is 0.416 e. The molecule has 0 saturated carbocycles. The van der Waals surface area contributed by atoms with Crippen molar-refractivity contribution in [1.82, 2.24) is 10.9 Å². The summed E-state index contributed by atoms with van der Waals surface area (Å²) < 4.78 is 48.2. The Morgan fingerprint density at radius 3 is 2.30 bits per heavy atom. The Bertz CT molecular complexity index is 838. The number of benzene rings is 2. The molecule has 0 aromatic heterocycles. The summed E-state index contributed by atoms with van der Waals surface area (Å²) in [4.78, 5) is 24.0. The van der Waals surface area contributed by atoms with Crippen molar-refractivity contribution < 1.29 is 32.2 Å². The van der Waals surface area contributed by atoms with Crippen molar-refractivity contribution in [3.63, 3.8) is 0 Å². The number of hydrazine groups is 1. The number of carbonyl (C=O) groups is 2. The zero-order valence-corrected chi connectivity index (χ0v) is 14.5. The van der Waals surface area contributed by atoms with Gasteiger partial charge in [0.05, 0.1) is 26.2 Å². The fourth-order valence-electron chi connectivity index (χ4n) is 2.26. The molecule has 0 unspecified atom stereocenters. The van der Waals surface area contributed by atoms with E-state index in [-0.39, 0.29) is 17.5 Å². The lowest BCUT2D eigenvalue weighted by molar-refractivity contribution is -0.137. The molecule has 0 radical (unpaired) electrons. The number of methoxy groups -OCH3 is 2. The van der Waals surface area contributed by atoms with E-state index in [1.165, 1.54) is 44.6 Å². The molecule has 0 heterocycles. The van der Waals surface area contributed by atoms with Crippen LogP contribution >= 0.6 is 0 Å². The van der Waals surface area contributed by atoms with Crippen LogP contribution in [0.4, 0.5) is 13.2 Å². The minimum Gasteiger partial charge on any atom is -0.493 e. The molecule has 27 heavy (non-hydrogen) atoms. The Labute approximate surface area is 153 Å². The van der Waals surface area contributed by atoms with Crippen LogP contribution in [0, 0.1) is 0 Å². The van der Waals surface area contributed by atoms with Gasteiger partial charge in [-0.2, -0.15) is 13.2 Å². The lowest BCUT2D eigenvalue weighted by Crippen LogP contribution is -2.42. The van der Waals surface area contributed by atoms with E-state index in [9.17, 15) is 22.8 Å². The monoisotopic (exact) mass is 382 g/mol. The van der Waals surface area contributed by atoms with Crippen molar-refractivity contribution in [2.75, 3.05) is 14.2 Å². The van der Waals surface area contributed by atoms with Crippen molar-refractivity contribution >= 4 is 11.8 Å². The third kappa shape index (κ3) is 5.37. The van der Waals surface area contributed by atoms with Gasteiger partial charge in [-0.25, -0.2) is 0 Å². The molecule has 0 fully saturated rings. The molecule has 2 amide bonds. The summed E-state index contributed by atoms with van der Waals surface area (Å²) in [7, 11) is 2.86. The summed E-state index contributed by atoms with van der Waals surface area (Å²) in [5.74, 6) is -0.514. The SMILES string of the molecule is COc1ccc(C(=O)NNC(=O)Cc2cccc(C(F)(F)F)c2)cc1OC. The van der Waals surface area contributed by atoms with Crippen LogP contribution in [0.1, 0.15) is 21.5 Å². The van der Waals surface area contributed by atoms with E-state index in [1.807, 2.05) is 0 Å². The Kier molecular flexibility index (Phi) is 6.27. The minimum absolute atomic E-state index is 0.169. The summed E-state index contributed by atoms with van der Waals surface area (Å²) in [5, 5.41) is 0. The predicted octanol–water partition coefficient (Wildman–Crippen LogP) is 2.73. The molecular weight excluding hydrogens is 365 g/mol. The normalized spacial score (nSPS) is 10.9. The maximum absolute atomic E-state index is 12.7. The fraction of sp³-hybridized carbons (Fsp3) is 0.222. The highest BCUT2D eigenvalue weighted by Crippen LogP contribution is 2.29. The van der Waals surface area contributed by atoms with Gasteiger partial charge in [-0.1, -0.05) is 18.2 Å². The number of ether oxygens (including phenoxy) is 2. The van der Waals surface area contributed by atoms with Crippen molar-refractivity contribution in [3.8, 4) is 11.5 Å². The van der Waals surface area contributed by atoms with Crippen molar-refractivity contribution in [2.24, 2.45) is 0 Å². The lowest BCUT2D eigenvalue weighted by atomic mass is 10.1. The van der Waals surface area contributed by atoms with E-state index < -0.39 is 23.6 Å². The highest BCUT2D eigenvalue weighted by molar-refractivity contribution is 5.96. The zero-order chi connectivity index (χ0) is 20.0. The molecule has 2 aromatic carbocycles. The maximum atomic E-state index is 12.7. The minimum atomic E-state index is -4.49. The maximum Gasteiger partial charge on any atom is 0.416 e. The van der Waals surface area contributed by atoms with Crippen LogP contribution in [0.3, 0.4) is 0 Å². The largest absolute Gasteiger partial charge is 0.493 e. The van der Waals surface area contributed by atoms with E-state index in [4.69, 9.17) is 9.47 Å². The Morgan fingerprint density at radius 1 is 0.963 bits per heavy atom. The van der Waals surface area contributed by atoms with Gasteiger partial charge in [-0.3, -0.25) is 20.4 Å². The highest BCUT2D eigenvalue weighted by Gasteiger charge is 2.30. The molecule has 6 nitrogen and oxygen atoms in total. The second-order valence-corrected chi connectivity index (χ2v) is 5.45. The van der Waals surface area contributed by atoms with Gasteiger partial charge in [0.15, 0.2) is 11.5 Å². The zero-order valence-electron chi connectivity index (χ0n) is 14.5. The molecule has 0 saturated heterocycles. The molecule has 2 N–H and O–H groups in total. The number of nitrogens with one attached hydrogen (secondary N) is 2. The first-order valence-electron chi connectivity index (χ1n) is 7.72. The molecule has 9 heteroatoms. The van der Waals surface area contributed by atoms with Crippen LogP contribution in [0.5, 0.6) is 11.5 Å². The van der Waals surface area contributed by atoms with E-state index in [0.717, 1.165) is 12.1 Å². The van der Waals surface area contributed by atoms with Crippen LogP contribution in [-0.4, -0.2) is 26.0 Å². The van der Waals surface area contributed by atoms with Crippen LogP contribution in [0.25, 0.3) is 0 Å². The predicted molar refractivity (Wildman–Crippen MR) is 90.3 cm³/mol. The summed E-state index contributed by atoms with van der Waals surface area (Å²) in [6, 6.07) is 8.83. The number of amides is 2. The molecule has 0 aliphatic heterocycles. The van der Waals surface area contributed by atoms with E-state index >= 15 is 0 Å². The molecule has 0 atom stereocenters. The second-order valence-electron chi connectivity index (χ2n) is 5.45. The summed E-state index contributed by atoms with van der Waals surface area (Å²) in [5.41, 5.74) is 3.88. The van der Waals surface area contributed by atoms with E-state index in [1.54, 1.807) is 0 Å². The number of halogens is 3. The van der Waals surface area contributed by atoms with Crippen LogP contribution < -0.4 is 20.3 Å². The van der Waals surface area contributed by atoms with Crippen LogP contribution in [-0.2, 0) is 17.4 Å². The van der Waals surface area contributed by atoms with Crippen molar-refractivity contribution in [3.05, 3.63) is 59.2 Å². The Balaban J connectivity index is 1.97. The molecule has 0 spiro atoms. The van der Waals surface area contributed by atoms with Gasteiger partial charge in [0.25, 0.3) is 5.91 Å². The van der Waals surface area contributed by atoms with Gasteiger partial charge in [0.2, 0.25) is 5.91 Å². The number of hydrogen-bond donors (Lipinski definition) is 2. The van der Waals surface area contributed by atoms with Gasteiger partial charge >= 0.3 is 6.18 Å². The Morgan fingerprint density at radius 2 is 1.67 bits per heavy atom. The third-order valence-corrected chi connectivity index (χ3v) is 3.58. The highest BCUT2D eigenvalue weighted by atomic mass is 19.4. The fourth-order valence-corrected chi connectivity index (χ4v) is 2.26. The topological polar surface area (TPSA) is 76.7 Å². The van der Waals surface area contributed by atoms with Crippen molar-refractivity contribution in [1.29, 1.82) is 0 Å². The molecule has 2 aromatic rings. The second kappa shape index (κ2) is 8.43. The Hall–Kier alpha value is -3.23. The molecular formula is C18H17F3N2O4. The van der Waals surface area contributed by atoms with E-state index in [0.29, 0.717) is 11.5 Å². The van der Waals surface area contributed by atoms with Gasteiger partial charge in [-0.15, -0.1) is 0 Å². The molecule has 144 valence electrons. The summed E-state index contributed by atoms with van der Waals surface area (Å²) >= 11 is 0. The average Bonchev–Trinajstić information content (AvgIpc) is 2.65. The molecule has 0 aliphatic carbocycles. The van der Waals surface area contributed by atoms with Gasteiger partial charge in [0, 0.05) is 5.56 Å². The van der Waals surface area contributed by atoms with Gasteiger partial charge in [-0.05, 0) is 29.8 Å². The number of rotatable bonds is 5. The summed E-state index contributed by atoms with van der Waals surface area (Å²) in [6.45, 7) is 0. The average molecular weight is 382 g/mol. The quantitative estimate of drug-likeness (QED) is 0.780.